The Kier molecular flexibility index (Phi) is 6.66. The first-order chi connectivity index (χ1) is 17.2. The van der Waals surface area contributed by atoms with Gasteiger partial charge in [0.15, 0.2) is 0 Å². The van der Waals surface area contributed by atoms with E-state index in [1.807, 2.05) is 26.0 Å². The zero-order chi connectivity index (χ0) is 25.8. The number of hydrogen-bond donors (Lipinski definition) is 2. The Balaban J connectivity index is 1.44. The van der Waals surface area contributed by atoms with Gasteiger partial charge in [-0.3, -0.25) is 14.4 Å². The molecule has 1 aromatic rings. The maximum absolute atomic E-state index is 13.9. The van der Waals surface area contributed by atoms with Gasteiger partial charge in [-0.05, 0) is 55.9 Å². The number of fused-ring (bicyclic) bond motifs is 1. The van der Waals surface area contributed by atoms with Crippen molar-refractivity contribution in [3.05, 3.63) is 41.4 Å². The average molecular weight is 514 g/mol. The normalized spacial score (nSPS) is 37.6. The van der Waals surface area contributed by atoms with Crippen LogP contribution in [0.2, 0.25) is 5.02 Å². The molecule has 3 heterocycles. The molecule has 1 aromatic carbocycles. The van der Waals surface area contributed by atoms with Gasteiger partial charge >= 0.3 is 0 Å². The topological polar surface area (TPSA) is 87.7 Å². The van der Waals surface area contributed by atoms with Gasteiger partial charge in [0.2, 0.25) is 17.7 Å². The van der Waals surface area contributed by atoms with Crippen LogP contribution in [-0.2, 0) is 19.1 Å². The number of benzene rings is 1. The largest absolute Gasteiger partial charge is 0.359 e. The fraction of sp³-hybridized carbons (Fsp3) is 0.607. The van der Waals surface area contributed by atoms with Crippen molar-refractivity contribution < 1.29 is 19.1 Å². The highest BCUT2D eigenvalue weighted by Gasteiger charge is 2.73. The molecular weight excluding hydrogens is 478 g/mol. The van der Waals surface area contributed by atoms with Crippen LogP contribution in [0, 0.1) is 23.7 Å². The lowest BCUT2D eigenvalue weighted by molar-refractivity contribution is -0.144. The SMILES string of the molecule is CCC(C)N1C(=O)[C@H]2C(C(=O)Nc3ccc(Cl)cc3)[C@H]3C=CC2(O3)C1C(=O)NC1CCCC(C)C1C. The van der Waals surface area contributed by atoms with Crippen LogP contribution in [0.4, 0.5) is 5.69 Å². The molecule has 5 rings (SSSR count). The van der Waals surface area contributed by atoms with E-state index >= 15 is 0 Å². The van der Waals surface area contributed by atoms with E-state index in [1.165, 1.54) is 6.42 Å². The van der Waals surface area contributed by atoms with E-state index in [1.54, 1.807) is 29.2 Å². The maximum atomic E-state index is 13.9. The van der Waals surface area contributed by atoms with E-state index in [-0.39, 0.29) is 29.8 Å². The number of anilines is 1. The van der Waals surface area contributed by atoms with Crippen molar-refractivity contribution in [1.29, 1.82) is 0 Å². The maximum Gasteiger partial charge on any atom is 0.246 e. The summed E-state index contributed by atoms with van der Waals surface area (Å²) < 4.78 is 6.42. The van der Waals surface area contributed by atoms with Gasteiger partial charge in [0.25, 0.3) is 0 Å². The lowest BCUT2D eigenvalue weighted by atomic mass is 9.73. The van der Waals surface area contributed by atoms with E-state index in [0.29, 0.717) is 29.0 Å². The quantitative estimate of drug-likeness (QED) is 0.559. The summed E-state index contributed by atoms with van der Waals surface area (Å²) in [4.78, 5) is 43.0. The Morgan fingerprint density at radius 3 is 2.61 bits per heavy atom. The number of hydrogen-bond acceptors (Lipinski definition) is 4. The molecule has 2 N–H and O–H groups in total. The Morgan fingerprint density at radius 1 is 1.19 bits per heavy atom. The Hall–Kier alpha value is -2.38. The lowest BCUT2D eigenvalue weighted by Crippen LogP contribution is -2.59. The van der Waals surface area contributed by atoms with Crippen LogP contribution in [0.5, 0.6) is 0 Å². The van der Waals surface area contributed by atoms with Crippen LogP contribution < -0.4 is 10.6 Å². The predicted molar refractivity (Wildman–Crippen MR) is 138 cm³/mol. The summed E-state index contributed by atoms with van der Waals surface area (Å²) in [6.07, 6.45) is 7.04. The predicted octanol–water partition coefficient (Wildman–Crippen LogP) is 4.17. The number of rotatable bonds is 6. The molecule has 3 amide bonds. The van der Waals surface area contributed by atoms with Gasteiger partial charge in [0.1, 0.15) is 11.6 Å². The molecule has 194 valence electrons. The van der Waals surface area contributed by atoms with Crippen LogP contribution in [0.1, 0.15) is 53.4 Å². The average Bonchev–Trinajstić information content (AvgIpc) is 3.50. The van der Waals surface area contributed by atoms with Gasteiger partial charge in [-0.1, -0.05) is 57.4 Å². The van der Waals surface area contributed by atoms with Crippen LogP contribution in [0.3, 0.4) is 0 Å². The van der Waals surface area contributed by atoms with Crippen LogP contribution in [0.25, 0.3) is 0 Å². The molecule has 1 spiro atoms. The van der Waals surface area contributed by atoms with Crippen LogP contribution in [-0.4, -0.2) is 52.5 Å². The molecule has 36 heavy (non-hydrogen) atoms. The van der Waals surface area contributed by atoms with E-state index in [9.17, 15) is 14.4 Å². The molecule has 9 atom stereocenters. The van der Waals surface area contributed by atoms with E-state index in [4.69, 9.17) is 16.3 Å². The fourth-order valence-electron chi connectivity index (χ4n) is 6.68. The smallest absolute Gasteiger partial charge is 0.246 e. The second kappa shape index (κ2) is 9.49. The van der Waals surface area contributed by atoms with Crippen molar-refractivity contribution in [2.75, 3.05) is 5.32 Å². The number of halogens is 1. The molecule has 2 bridgehead atoms. The molecule has 1 saturated carbocycles. The van der Waals surface area contributed by atoms with Crippen molar-refractivity contribution in [3.8, 4) is 0 Å². The Bertz CT molecular complexity index is 1080. The van der Waals surface area contributed by atoms with Crippen molar-refractivity contribution in [1.82, 2.24) is 10.2 Å². The van der Waals surface area contributed by atoms with Gasteiger partial charge in [0, 0.05) is 22.8 Å². The van der Waals surface area contributed by atoms with Gasteiger partial charge in [0.05, 0.1) is 17.9 Å². The van der Waals surface area contributed by atoms with E-state index in [0.717, 1.165) is 12.8 Å². The van der Waals surface area contributed by atoms with Gasteiger partial charge in [-0.25, -0.2) is 0 Å². The molecule has 8 heteroatoms. The second-order valence-electron chi connectivity index (χ2n) is 11.1. The number of nitrogens with one attached hydrogen (secondary N) is 2. The minimum Gasteiger partial charge on any atom is -0.359 e. The monoisotopic (exact) mass is 513 g/mol. The van der Waals surface area contributed by atoms with Crippen molar-refractivity contribution in [2.45, 2.75) is 83.2 Å². The number of likely N-dealkylation sites (tertiary alicyclic amines) is 1. The van der Waals surface area contributed by atoms with Crippen molar-refractivity contribution >= 4 is 35.0 Å². The van der Waals surface area contributed by atoms with E-state index in [2.05, 4.69) is 24.5 Å². The lowest BCUT2D eigenvalue weighted by Gasteiger charge is -2.39. The molecular formula is C28H36ClN3O4. The summed E-state index contributed by atoms with van der Waals surface area (Å²) in [6, 6.07) is 5.96. The number of amides is 3. The summed E-state index contributed by atoms with van der Waals surface area (Å²) in [7, 11) is 0. The summed E-state index contributed by atoms with van der Waals surface area (Å²) in [6.45, 7) is 8.38. The van der Waals surface area contributed by atoms with Gasteiger partial charge < -0.3 is 20.3 Å². The third kappa shape index (κ3) is 3.95. The highest BCUT2D eigenvalue weighted by molar-refractivity contribution is 6.30. The molecule has 7 unspecified atom stereocenters. The summed E-state index contributed by atoms with van der Waals surface area (Å²) >= 11 is 5.98. The van der Waals surface area contributed by atoms with Gasteiger partial charge in [-0.15, -0.1) is 0 Å². The number of carbonyl (C=O) groups excluding carboxylic acids is 3. The van der Waals surface area contributed by atoms with Crippen LogP contribution >= 0.6 is 11.6 Å². The molecule has 0 aromatic heterocycles. The van der Waals surface area contributed by atoms with E-state index < -0.39 is 29.6 Å². The second-order valence-corrected chi connectivity index (χ2v) is 11.5. The highest BCUT2D eigenvalue weighted by Crippen LogP contribution is 2.56. The molecule has 2 saturated heterocycles. The molecule has 0 radical (unpaired) electrons. The number of carbonyl (C=O) groups is 3. The molecule has 3 aliphatic heterocycles. The summed E-state index contributed by atoms with van der Waals surface area (Å²) in [5.41, 5.74) is -0.537. The molecule has 4 aliphatic rings. The first kappa shape index (κ1) is 25.3. The molecule has 1 aliphatic carbocycles. The summed E-state index contributed by atoms with van der Waals surface area (Å²) in [5.74, 6) is -1.21. The molecule has 3 fully saturated rings. The Labute approximate surface area is 218 Å². The van der Waals surface area contributed by atoms with Crippen molar-refractivity contribution in [3.63, 3.8) is 0 Å². The first-order valence-electron chi connectivity index (χ1n) is 13.2. The third-order valence-electron chi connectivity index (χ3n) is 9.07. The van der Waals surface area contributed by atoms with Crippen LogP contribution in [0.15, 0.2) is 36.4 Å². The zero-order valence-electron chi connectivity index (χ0n) is 21.4. The molecule has 7 nitrogen and oxygen atoms in total. The minimum absolute atomic E-state index is 0.0668. The summed E-state index contributed by atoms with van der Waals surface area (Å²) in [5, 5.41) is 6.78. The number of nitrogens with zero attached hydrogens (tertiary/aromatic N) is 1. The minimum atomic E-state index is -1.14. The zero-order valence-corrected chi connectivity index (χ0v) is 22.1. The third-order valence-corrected chi connectivity index (χ3v) is 9.33. The Morgan fingerprint density at radius 2 is 1.92 bits per heavy atom. The standard InChI is InChI=1S/C28H36ClN3O4/c1-5-16(3)32-24(26(34)31-20-8-6-7-15(2)17(20)4)28-14-13-21(36-28)22(23(28)27(32)35)25(33)30-19-11-9-18(29)10-12-19/h9-17,20-24H,5-8H2,1-4H3,(H,30,33)(H,31,34)/t15?,16?,17?,20?,21-,22?,23-,24?,28?/m1/s1. The fourth-order valence-corrected chi connectivity index (χ4v) is 6.81. The van der Waals surface area contributed by atoms with Crippen molar-refractivity contribution in [2.24, 2.45) is 23.7 Å². The highest BCUT2D eigenvalue weighted by atomic mass is 35.5. The number of ether oxygens (including phenoxy) is 1. The van der Waals surface area contributed by atoms with Gasteiger partial charge in [-0.2, -0.15) is 0 Å². The first-order valence-corrected chi connectivity index (χ1v) is 13.6.